The van der Waals surface area contributed by atoms with Gasteiger partial charge in [0, 0.05) is 25.2 Å². The Labute approximate surface area is 163 Å². The first-order valence-corrected chi connectivity index (χ1v) is 9.20. The van der Waals surface area contributed by atoms with Crippen molar-refractivity contribution in [1.29, 1.82) is 0 Å². The molecule has 1 N–H and O–H groups in total. The highest BCUT2D eigenvalue weighted by Crippen LogP contribution is 2.23. The van der Waals surface area contributed by atoms with Gasteiger partial charge in [-0.2, -0.15) is 0 Å². The molecule has 2 rings (SSSR count). The fraction of sp³-hybridized carbons (Fsp3) is 0.579. The number of non-ortho nitro benzene ring substituents is 1. The largest absolute Gasteiger partial charge is 0.444 e. The van der Waals surface area contributed by atoms with Crippen molar-refractivity contribution in [3.8, 4) is 0 Å². The SMILES string of the molecule is C[C@H](NC(=O)c1ccc([N+](=O)[O-])cc1F)[C@H]1CCCN(C(=O)OC(C)(C)C)C1. The summed E-state index contributed by atoms with van der Waals surface area (Å²) in [5.41, 5.74) is -1.25. The molecular weight excluding hydrogens is 369 g/mol. The number of carbonyl (C=O) groups is 2. The smallest absolute Gasteiger partial charge is 0.410 e. The molecule has 0 saturated carbocycles. The normalized spacial score (nSPS) is 18.3. The number of carbonyl (C=O) groups excluding carboxylic acids is 2. The van der Waals surface area contributed by atoms with Crippen molar-refractivity contribution in [2.75, 3.05) is 13.1 Å². The number of nitro benzene ring substituents is 1. The summed E-state index contributed by atoms with van der Waals surface area (Å²) in [7, 11) is 0. The summed E-state index contributed by atoms with van der Waals surface area (Å²) in [4.78, 5) is 36.2. The molecule has 0 radical (unpaired) electrons. The maximum Gasteiger partial charge on any atom is 0.410 e. The summed E-state index contributed by atoms with van der Waals surface area (Å²) in [6.07, 6.45) is 1.19. The first-order valence-electron chi connectivity index (χ1n) is 9.20. The molecule has 0 aliphatic carbocycles. The molecular formula is C19H26FN3O5. The maximum absolute atomic E-state index is 14.0. The van der Waals surface area contributed by atoms with E-state index in [0.717, 1.165) is 31.0 Å². The Morgan fingerprint density at radius 2 is 2.07 bits per heavy atom. The topological polar surface area (TPSA) is 102 Å². The second kappa shape index (κ2) is 8.53. The van der Waals surface area contributed by atoms with Gasteiger partial charge in [0.1, 0.15) is 11.4 Å². The van der Waals surface area contributed by atoms with Crippen LogP contribution in [0.25, 0.3) is 0 Å². The van der Waals surface area contributed by atoms with Crippen molar-refractivity contribution < 1.29 is 23.6 Å². The van der Waals surface area contributed by atoms with Crippen LogP contribution in [0, 0.1) is 21.8 Å². The number of rotatable bonds is 4. The van der Waals surface area contributed by atoms with Crippen LogP contribution in [0.4, 0.5) is 14.9 Å². The zero-order chi connectivity index (χ0) is 21.1. The molecule has 1 fully saturated rings. The second-order valence-electron chi connectivity index (χ2n) is 8.01. The fourth-order valence-electron chi connectivity index (χ4n) is 3.11. The van der Waals surface area contributed by atoms with Gasteiger partial charge in [-0.1, -0.05) is 0 Å². The number of ether oxygens (including phenoxy) is 1. The molecule has 2 amide bonds. The highest BCUT2D eigenvalue weighted by Gasteiger charge is 2.31. The monoisotopic (exact) mass is 395 g/mol. The van der Waals surface area contributed by atoms with E-state index in [1.54, 1.807) is 32.6 Å². The Hall–Kier alpha value is -2.71. The summed E-state index contributed by atoms with van der Waals surface area (Å²) in [6, 6.07) is 2.61. The summed E-state index contributed by atoms with van der Waals surface area (Å²) < 4.78 is 19.4. The summed E-state index contributed by atoms with van der Waals surface area (Å²) >= 11 is 0. The number of likely N-dealkylation sites (tertiary alicyclic amines) is 1. The van der Waals surface area contributed by atoms with Crippen molar-refractivity contribution in [2.45, 2.75) is 52.2 Å². The molecule has 0 bridgehead atoms. The Bertz CT molecular complexity index is 762. The number of benzene rings is 1. The minimum absolute atomic E-state index is 0.00803. The molecule has 1 aliphatic rings. The summed E-state index contributed by atoms with van der Waals surface area (Å²) in [6.45, 7) is 8.21. The van der Waals surface area contributed by atoms with Crippen molar-refractivity contribution >= 4 is 17.7 Å². The van der Waals surface area contributed by atoms with Gasteiger partial charge in [-0.3, -0.25) is 14.9 Å². The Morgan fingerprint density at radius 3 is 2.64 bits per heavy atom. The number of nitro groups is 1. The fourth-order valence-corrected chi connectivity index (χ4v) is 3.11. The highest BCUT2D eigenvalue weighted by atomic mass is 19.1. The van der Waals surface area contributed by atoms with Crippen LogP contribution in [0.1, 0.15) is 50.9 Å². The van der Waals surface area contributed by atoms with Crippen molar-refractivity contribution in [3.05, 3.63) is 39.7 Å². The van der Waals surface area contributed by atoms with E-state index >= 15 is 0 Å². The molecule has 1 aromatic rings. The van der Waals surface area contributed by atoms with E-state index in [-0.39, 0.29) is 17.5 Å². The van der Waals surface area contributed by atoms with Crippen molar-refractivity contribution in [3.63, 3.8) is 0 Å². The van der Waals surface area contributed by atoms with E-state index in [2.05, 4.69) is 5.32 Å². The molecule has 28 heavy (non-hydrogen) atoms. The number of hydrogen-bond donors (Lipinski definition) is 1. The lowest BCUT2D eigenvalue weighted by Crippen LogP contribution is -2.49. The molecule has 2 atom stereocenters. The standard InChI is InChI=1S/C19H26FN3O5/c1-12(13-6-5-9-22(11-13)18(25)28-19(2,3)4)21-17(24)15-8-7-14(23(26)27)10-16(15)20/h7-8,10,12-13H,5-6,9,11H2,1-4H3,(H,21,24)/t12-,13-/m0/s1. The van der Waals surface area contributed by atoms with E-state index in [9.17, 15) is 24.1 Å². The lowest BCUT2D eigenvalue weighted by atomic mass is 9.91. The number of hydrogen-bond acceptors (Lipinski definition) is 5. The van der Waals surface area contributed by atoms with E-state index in [1.165, 1.54) is 0 Å². The van der Waals surface area contributed by atoms with Crippen LogP contribution in [0.3, 0.4) is 0 Å². The number of halogens is 1. The van der Waals surface area contributed by atoms with Gasteiger partial charge in [0.25, 0.3) is 11.6 Å². The Balaban J connectivity index is 2.00. The van der Waals surface area contributed by atoms with Crippen LogP contribution in [0.2, 0.25) is 0 Å². The number of nitrogens with one attached hydrogen (secondary N) is 1. The molecule has 1 aliphatic heterocycles. The Morgan fingerprint density at radius 1 is 1.39 bits per heavy atom. The van der Waals surface area contributed by atoms with Crippen LogP contribution in [-0.4, -0.2) is 46.6 Å². The summed E-state index contributed by atoms with van der Waals surface area (Å²) in [5.74, 6) is -1.60. The predicted octanol–water partition coefficient (Wildman–Crippen LogP) is 3.50. The van der Waals surface area contributed by atoms with E-state index < -0.39 is 34.0 Å². The number of amides is 2. The van der Waals surface area contributed by atoms with Gasteiger partial charge in [-0.15, -0.1) is 0 Å². The van der Waals surface area contributed by atoms with Crippen LogP contribution >= 0.6 is 0 Å². The molecule has 1 heterocycles. The van der Waals surface area contributed by atoms with Crippen LogP contribution < -0.4 is 5.32 Å². The summed E-state index contributed by atoms with van der Waals surface area (Å²) in [5, 5.41) is 13.4. The highest BCUT2D eigenvalue weighted by molar-refractivity contribution is 5.94. The quantitative estimate of drug-likeness (QED) is 0.621. The van der Waals surface area contributed by atoms with Gasteiger partial charge in [-0.05, 0) is 52.5 Å². The maximum atomic E-state index is 14.0. The zero-order valence-corrected chi connectivity index (χ0v) is 16.5. The van der Waals surface area contributed by atoms with Gasteiger partial charge in [-0.25, -0.2) is 9.18 Å². The van der Waals surface area contributed by atoms with Gasteiger partial charge in [0.05, 0.1) is 16.6 Å². The van der Waals surface area contributed by atoms with Crippen molar-refractivity contribution in [1.82, 2.24) is 10.2 Å². The second-order valence-corrected chi connectivity index (χ2v) is 8.01. The molecule has 9 heteroatoms. The molecule has 8 nitrogen and oxygen atoms in total. The minimum atomic E-state index is -0.946. The third-order valence-electron chi connectivity index (χ3n) is 4.58. The Kier molecular flexibility index (Phi) is 6.58. The molecule has 154 valence electrons. The predicted molar refractivity (Wildman–Crippen MR) is 101 cm³/mol. The van der Waals surface area contributed by atoms with Gasteiger partial charge < -0.3 is 15.0 Å². The average molecular weight is 395 g/mol. The zero-order valence-electron chi connectivity index (χ0n) is 16.5. The number of nitrogens with zero attached hydrogens (tertiary/aromatic N) is 2. The van der Waals surface area contributed by atoms with Gasteiger partial charge in [0.15, 0.2) is 0 Å². The minimum Gasteiger partial charge on any atom is -0.444 e. The van der Waals surface area contributed by atoms with Gasteiger partial charge >= 0.3 is 6.09 Å². The van der Waals surface area contributed by atoms with Crippen molar-refractivity contribution in [2.24, 2.45) is 5.92 Å². The molecule has 0 spiro atoms. The lowest BCUT2D eigenvalue weighted by Gasteiger charge is -2.36. The molecule has 1 aromatic carbocycles. The first-order chi connectivity index (χ1) is 13.0. The molecule has 1 saturated heterocycles. The van der Waals surface area contributed by atoms with E-state index in [1.807, 2.05) is 0 Å². The third-order valence-corrected chi connectivity index (χ3v) is 4.58. The van der Waals surface area contributed by atoms with Crippen LogP contribution in [0.15, 0.2) is 18.2 Å². The molecule has 0 unspecified atom stereocenters. The van der Waals surface area contributed by atoms with Gasteiger partial charge in [0.2, 0.25) is 0 Å². The van der Waals surface area contributed by atoms with E-state index in [4.69, 9.17) is 4.74 Å². The first kappa shape index (κ1) is 21.6. The lowest BCUT2D eigenvalue weighted by molar-refractivity contribution is -0.385. The average Bonchev–Trinajstić information content (AvgIpc) is 2.60. The molecule has 0 aromatic heterocycles. The van der Waals surface area contributed by atoms with Crippen LogP contribution in [-0.2, 0) is 4.74 Å². The number of piperidine rings is 1. The third kappa shape index (κ3) is 5.64. The van der Waals surface area contributed by atoms with Crippen LogP contribution in [0.5, 0.6) is 0 Å². The van der Waals surface area contributed by atoms with E-state index in [0.29, 0.717) is 13.1 Å².